The highest BCUT2D eigenvalue weighted by molar-refractivity contribution is 7.11. The molecule has 114 valence electrons. The summed E-state index contributed by atoms with van der Waals surface area (Å²) < 4.78 is 25.3. The van der Waals surface area contributed by atoms with Crippen molar-refractivity contribution < 1.29 is 8.78 Å². The molecule has 0 bridgehead atoms. The Labute approximate surface area is 128 Å². The van der Waals surface area contributed by atoms with Crippen LogP contribution in [0.3, 0.4) is 0 Å². The molecule has 0 aliphatic rings. The fourth-order valence-corrected chi connectivity index (χ4v) is 3.11. The smallest absolute Gasteiger partial charge is 0.263 e. The first-order chi connectivity index (χ1) is 9.88. The van der Waals surface area contributed by atoms with Gasteiger partial charge in [-0.15, -0.1) is 11.3 Å². The van der Waals surface area contributed by atoms with Gasteiger partial charge in [0, 0.05) is 16.5 Å². The van der Waals surface area contributed by atoms with Gasteiger partial charge in [0.1, 0.15) is 5.01 Å². The molecular formula is C16H20F2N2S. The van der Waals surface area contributed by atoms with Crippen LogP contribution in [0.4, 0.5) is 8.78 Å². The Balaban J connectivity index is 2.35. The summed E-state index contributed by atoms with van der Waals surface area (Å²) in [4.78, 5) is 5.79. The van der Waals surface area contributed by atoms with Gasteiger partial charge in [0.25, 0.3) is 6.43 Å². The third kappa shape index (κ3) is 3.86. The lowest BCUT2D eigenvalue weighted by molar-refractivity contribution is 0.151. The number of hydrogen-bond donors (Lipinski definition) is 1. The zero-order valence-electron chi connectivity index (χ0n) is 12.7. The molecule has 5 heteroatoms. The lowest BCUT2D eigenvalue weighted by Crippen LogP contribution is -2.28. The number of aryl methyl sites for hydroxylation is 2. The standard InChI is InChI=1S/C16H20F2N2S/c1-9(2)19-14(16-20-10(3)11(4)21-16)12-5-7-13(8-6-12)15(17)18/h5-9,14-15,19H,1-4H3. The van der Waals surface area contributed by atoms with Gasteiger partial charge in [-0.3, -0.25) is 0 Å². The zero-order valence-corrected chi connectivity index (χ0v) is 13.5. The van der Waals surface area contributed by atoms with Crippen molar-refractivity contribution in [1.82, 2.24) is 10.3 Å². The highest BCUT2D eigenvalue weighted by Crippen LogP contribution is 2.29. The Morgan fingerprint density at radius 2 is 1.62 bits per heavy atom. The van der Waals surface area contributed by atoms with E-state index >= 15 is 0 Å². The average molecular weight is 310 g/mol. The predicted octanol–water partition coefficient (Wildman–Crippen LogP) is 4.78. The van der Waals surface area contributed by atoms with Gasteiger partial charge in [0.15, 0.2) is 0 Å². The number of benzene rings is 1. The molecule has 21 heavy (non-hydrogen) atoms. The second-order valence-corrected chi connectivity index (χ2v) is 6.65. The number of rotatable bonds is 5. The van der Waals surface area contributed by atoms with E-state index in [0.717, 1.165) is 16.3 Å². The van der Waals surface area contributed by atoms with Crippen LogP contribution >= 0.6 is 11.3 Å². The van der Waals surface area contributed by atoms with E-state index in [-0.39, 0.29) is 17.6 Å². The molecule has 1 aromatic carbocycles. The lowest BCUT2D eigenvalue weighted by atomic mass is 10.0. The van der Waals surface area contributed by atoms with Crippen molar-refractivity contribution in [3.63, 3.8) is 0 Å². The normalized spacial score (nSPS) is 13.1. The van der Waals surface area contributed by atoms with E-state index in [0.29, 0.717) is 0 Å². The van der Waals surface area contributed by atoms with Gasteiger partial charge >= 0.3 is 0 Å². The topological polar surface area (TPSA) is 24.9 Å². The molecule has 2 rings (SSSR count). The minimum Gasteiger partial charge on any atom is -0.302 e. The second-order valence-electron chi connectivity index (χ2n) is 5.42. The number of aromatic nitrogens is 1. The van der Waals surface area contributed by atoms with Crippen molar-refractivity contribution >= 4 is 11.3 Å². The molecule has 0 fully saturated rings. The van der Waals surface area contributed by atoms with Gasteiger partial charge in [-0.05, 0) is 33.3 Å². The van der Waals surface area contributed by atoms with Crippen molar-refractivity contribution in [2.24, 2.45) is 0 Å². The molecule has 0 radical (unpaired) electrons. The summed E-state index contributed by atoms with van der Waals surface area (Å²) in [7, 11) is 0. The highest BCUT2D eigenvalue weighted by atomic mass is 32.1. The number of nitrogens with zero attached hydrogens (tertiary/aromatic N) is 1. The van der Waals surface area contributed by atoms with Gasteiger partial charge < -0.3 is 5.32 Å². The fraction of sp³-hybridized carbons (Fsp3) is 0.438. The number of halogens is 2. The van der Waals surface area contributed by atoms with Gasteiger partial charge in [0.2, 0.25) is 0 Å². The van der Waals surface area contributed by atoms with Crippen LogP contribution in [0.2, 0.25) is 0 Å². The number of hydrogen-bond acceptors (Lipinski definition) is 3. The third-order valence-corrected chi connectivity index (χ3v) is 4.45. The average Bonchev–Trinajstić information content (AvgIpc) is 2.76. The van der Waals surface area contributed by atoms with E-state index in [1.165, 1.54) is 17.0 Å². The van der Waals surface area contributed by atoms with Gasteiger partial charge in [-0.25, -0.2) is 13.8 Å². The summed E-state index contributed by atoms with van der Waals surface area (Å²) >= 11 is 1.65. The molecule has 2 nitrogen and oxygen atoms in total. The number of alkyl halides is 2. The Hall–Kier alpha value is -1.33. The van der Waals surface area contributed by atoms with Gasteiger partial charge in [0.05, 0.1) is 11.7 Å². The van der Waals surface area contributed by atoms with E-state index in [4.69, 9.17) is 0 Å². The van der Waals surface area contributed by atoms with Crippen LogP contribution in [-0.4, -0.2) is 11.0 Å². The summed E-state index contributed by atoms with van der Waals surface area (Å²) in [6.07, 6.45) is -2.43. The molecule has 0 saturated carbocycles. The minimum absolute atomic E-state index is 0.0496. The van der Waals surface area contributed by atoms with Gasteiger partial charge in [-0.1, -0.05) is 24.3 Å². The summed E-state index contributed by atoms with van der Waals surface area (Å²) in [5.41, 5.74) is 2.03. The van der Waals surface area contributed by atoms with Crippen LogP contribution in [0.25, 0.3) is 0 Å². The highest BCUT2D eigenvalue weighted by Gasteiger charge is 2.20. The van der Waals surface area contributed by atoms with Crippen LogP contribution in [0.5, 0.6) is 0 Å². The second kappa shape index (κ2) is 6.62. The Morgan fingerprint density at radius 3 is 2.05 bits per heavy atom. The first kappa shape index (κ1) is 16.0. The molecular weight excluding hydrogens is 290 g/mol. The van der Waals surface area contributed by atoms with Crippen LogP contribution in [-0.2, 0) is 0 Å². The maximum Gasteiger partial charge on any atom is 0.263 e. The predicted molar refractivity (Wildman–Crippen MR) is 83.1 cm³/mol. The molecule has 0 aliphatic carbocycles. The summed E-state index contributed by atoms with van der Waals surface area (Å²) in [5, 5.41) is 4.44. The summed E-state index contributed by atoms with van der Waals surface area (Å²) in [6, 6.07) is 6.70. The van der Waals surface area contributed by atoms with E-state index in [9.17, 15) is 8.78 Å². The van der Waals surface area contributed by atoms with Crippen molar-refractivity contribution in [2.75, 3.05) is 0 Å². The van der Waals surface area contributed by atoms with E-state index < -0.39 is 6.43 Å². The molecule has 1 aromatic heterocycles. The van der Waals surface area contributed by atoms with Crippen molar-refractivity contribution in [3.05, 3.63) is 51.0 Å². The lowest BCUT2D eigenvalue weighted by Gasteiger charge is -2.20. The van der Waals surface area contributed by atoms with E-state index in [1.54, 1.807) is 23.5 Å². The SMILES string of the molecule is Cc1nc(C(NC(C)C)c2ccc(C(F)F)cc2)sc1C. The molecule has 2 aromatic rings. The Kier molecular flexibility index (Phi) is 5.06. The van der Waals surface area contributed by atoms with Crippen molar-refractivity contribution in [3.8, 4) is 0 Å². The van der Waals surface area contributed by atoms with E-state index in [1.807, 2.05) is 13.8 Å². The van der Waals surface area contributed by atoms with Crippen molar-refractivity contribution in [1.29, 1.82) is 0 Å². The molecule has 1 heterocycles. The zero-order chi connectivity index (χ0) is 15.6. The first-order valence-electron chi connectivity index (χ1n) is 6.96. The molecule has 0 aliphatic heterocycles. The maximum absolute atomic E-state index is 12.7. The molecule has 1 unspecified atom stereocenters. The van der Waals surface area contributed by atoms with Gasteiger partial charge in [-0.2, -0.15) is 0 Å². The first-order valence-corrected chi connectivity index (χ1v) is 7.78. The quantitative estimate of drug-likeness (QED) is 0.859. The van der Waals surface area contributed by atoms with Crippen LogP contribution in [0.1, 0.15) is 53.0 Å². The summed E-state index contributed by atoms with van der Waals surface area (Å²) in [5.74, 6) is 0. The van der Waals surface area contributed by atoms with Crippen LogP contribution in [0, 0.1) is 13.8 Å². The maximum atomic E-state index is 12.7. The minimum atomic E-state index is -2.43. The molecule has 0 amide bonds. The largest absolute Gasteiger partial charge is 0.302 e. The van der Waals surface area contributed by atoms with Crippen LogP contribution < -0.4 is 5.32 Å². The number of nitrogens with one attached hydrogen (secondary N) is 1. The number of thiazole rings is 1. The molecule has 0 spiro atoms. The third-order valence-electron chi connectivity index (χ3n) is 3.31. The molecule has 1 N–H and O–H groups in total. The summed E-state index contributed by atoms with van der Waals surface area (Å²) in [6.45, 7) is 8.16. The Morgan fingerprint density at radius 1 is 1.05 bits per heavy atom. The molecule has 0 saturated heterocycles. The molecule has 1 atom stereocenters. The van der Waals surface area contributed by atoms with Crippen LogP contribution in [0.15, 0.2) is 24.3 Å². The van der Waals surface area contributed by atoms with Crippen molar-refractivity contribution in [2.45, 2.75) is 46.2 Å². The van der Waals surface area contributed by atoms with E-state index in [2.05, 4.69) is 24.1 Å². The Bertz CT molecular complexity index is 571. The monoisotopic (exact) mass is 310 g/mol. The fourth-order valence-electron chi connectivity index (χ4n) is 2.10.